The van der Waals surface area contributed by atoms with Crippen LogP contribution in [0.3, 0.4) is 0 Å². The molecule has 0 spiro atoms. The van der Waals surface area contributed by atoms with E-state index in [1.807, 2.05) is 6.92 Å². The SMILES string of the molecule is Cc1cnc(NC(=O)N2CCC([C@H](O)C(F)(F)F)CC2)s1. The zero-order chi connectivity index (χ0) is 15.6. The van der Waals surface area contributed by atoms with Crippen molar-refractivity contribution in [1.82, 2.24) is 9.88 Å². The fraction of sp³-hybridized carbons (Fsp3) is 0.667. The van der Waals surface area contributed by atoms with E-state index in [-0.39, 0.29) is 32.0 Å². The summed E-state index contributed by atoms with van der Waals surface area (Å²) < 4.78 is 37.3. The van der Waals surface area contributed by atoms with Crippen LogP contribution in [0.2, 0.25) is 0 Å². The summed E-state index contributed by atoms with van der Waals surface area (Å²) in [6.45, 7) is 2.24. The second-order valence-corrected chi connectivity index (χ2v) is 6.25. The molecule has 118 valence electrons. The number of hydrogen-bond donors (Lipinski definition) is 2. The highest BCUT2D eigenvalue weighted by atomic mass is 32.1. The quantitative estimate of drug-likeness (QED) is 0.879. The molecule has 0 radical (unpaired) electrons. The molecule has 0 aliphatic carbocycles. The Labute approximate surface area is 123 Å². The van der Waals surface area contributed by atoms with Crippen LogP contribution in [0.25, 0.3) is 0 Å². The molecule has 1 aliphatic rings. The third-order valence-electron chi connectivity index (χ3n) is 3.44. The lowest BCUT2D eigenvalue weighted by Crippen LogP contribution is -2.46. The first kappa shape index (κ1) is 16.0. The van der Waals surface area contributed by atoms with E-state index >= 15 is 0 Å². The van der Waals surface area contributed by atoms with Crippen molar-refractivity contribution in [2.24, 2.45) is 5.92 Å². The summed E-state index contributed by atoms with van der Waals surface area (Å²) in [4.78, 5) is 18.3. The smallest absolute Gasteiger partial charge is 0.383 e. The third-order valence-corrected chi connectivity index (χ3v) is 4.27. The number of nitrogens with zero attached hydrogens (tertiary/aromatic N) is 2. The number of piperidine rings is 1. The van der Waals surface area contributed by atoms with Crippen LogP contribution >= 0.6 is 11.3 Å². The molecule has 1 saturated heterocycles. The lowest BCUT2D eigenvalue weighted by atomic mass is 9.91. The summed E-state index contributed by atoms with van der Waals surface area (Å²) in [7, 11) is 0. The normalized spacial score (nSPS) is 18.6. The van der Waals surface area contributed by atoms with Gasteiger partial charge in [0, 0.05) is 24.2 Å². The van der Waals surface area contributed by atoms with E-state index in [4.69, 9.17) is 0 Å². The van der Waals surface area contributed by atoms with Crippen molar-refractivity contribution in [3.05, 3.63) is 11.1 Å². The van der Waals surface area contributed by atoms with Crippen molar-refractivity contribution in [2.75, 3.05) is 18.4 Å². The number of carbonyl (C=O) groups excluding carboxylic acids is 1. The maximum Gasteiger partial charge on any atom is 0.414 e. The number of nitrogens with one attached hydrogen (secondary N) is 1. The molecule has 1 fully saturated rings. The van der Waals surface area contributed by atoms with Gasteiger partial charge in [0.05, 0.1) is 0 Å². The number of carbonyl (C=O) groups is 1. The van der Waals surface area contributed by atoms with Gasteiger partial charge in [0.15, 0.2) is 11.2 Å². The highest BCUT2D eigenvalue weighted by molar-refractivity contribution is 7.15. The predicted octanol–water partition coefficient (Wildman–Crippen LogP) is 2.62. The van der Waals surface area contributed by atoms with Crippen LogP contribution in [0, 0.1) is 12.8 Å². The second-order valence-electron chi connectivity index (χ2n) is 5.02. The highest BCUT2D eigenvalue weighted by Gasteiger charge is 2.44. The molecule has 5 nitrogen and oxygen atoms in total. The fourth-order valence-corrected chi connectivity index (χ4v) is 2.92. The topological polar surface area (TPSA) is 65.5 Å². The van der Waals surface area contributed by atoms with Crippen molar-refractivity contribution in [3.8, 4) is 0 Å². The molecule has 2 rings (SSSR count). The number of rotatable bonds is 2. The van der Waals surface area contributed by atoms with Gasteiger partial charge in [-0.15, -0.1) is 11.3 Å². The molecule has 1 atom stereocenters. The standard InChI is InChI=1S/C12H16F3N3O2S/c1-7-6-16-10(21-7)17-11(20)18-4-2-8(3-5-18)9(19)12(13,14)15/h6,8-9,19H,2-5H2,1H3,(H,16,17,20)/t9-/m0/s1. The molecule has 2 N–H and O–H groups in total. The first-order valence-corrected chi connectivity index (χ1v) is 7.32. The van der Waals surface area contributed by atoms with Gasteiger partial charge >= 0.3 is 12.2 Å². The van der Waals surface area contributed by atoms with Gasteiger partial charge in [0.2, 0.25) is 0 Å². The summed E-state index contributed by atoms with van der Waals surface area (Å²) >= 11 is 1.33. The lowest BCUT2D eigenvalue weighted by Gasteiger charge is -2.34. The highest BCUT2D eigenvalue weighted by Crippen LogP contribution is 2.31. The Morgan fingerprint density at radius 3 is 2.62 bits per heavy atom. The summed E-state index contributed by atoms with van der Waals surface area (Å²) in [5.41, 5.74) is 0. The number of hydrogen-bond acceptors (Lipinski definition) is 4. The number of alkyl halides is 3. The lowest BCUT2D eigenvalue weighted by molar-refractivity contribution is -0.222. The van der Waals surface area contributed by atoms with Gasteiger partial charge in [-0.25, -0.2) is 9.78 Å². The first-order valence-electron chi connectivity index (χ1n) is 6.50. The Hall–Kier alpha value is -1.35. The number of aliphatic hydroxyl groups is 1. The molecule has 1 aliphatic heterocycles. The van der Waals surface area contributed by atoms with Crippen LogP contribution in [-0.4, -0.2) is 46.4 Å². The molecule has 2 amide bonds. The van der Waals surface area contributed by atoms with Gasteiger partial charge in [-0.2, -0.15) is 13.2 Å². The largest absolute Gasteiger partial charge is 0.414 e. The van der Waals surface area contributed by atoms with Crippen LogP contribution in [0.1, 0.15) is 17.7 Å². The Kier molecular flexibility index (Phi) is 4.72. The third kappa shape index (κ3) is 4.07. The van der Waals surface area contributed by atoms with E-state index in [0.717, 1.165) is 4.88 Å². The maximum atomic E-state index is 12.4. The van der Waals surface area contributed by atoms with Gasteiger partial charge in [-0.1, -0.05) is 0 Å². The number of aromatic nitrogens is 1. The molecule has 1 aromatic heterocycles. The van der Waals surface area contributed by atoms with Crippen molar-refractivity contribution in [1.29, 1.82) is 0 Å². The summed E-state index contributed by atoms with van der Waals surface area (Å²) in [6.07, 6.45) is -5.03. The number of urea groups is 1. The maximum absolute atomic E-state index is 12.4. The van der Waals surface area contributed by atoms with Gasteiger partial charge in [-0.05, 0) is 25.7 Å². The number of likely N-dealkylation sites (tertiary alicyclic amines) is 1. The molecular formula is C12H16F3N3O2S. The molecule has 0 bridgehead atoms. The number of anilines is 1. The Balaban J connectivity index is 1.85. The number of amides is 2. The molecular weight excluding hydrogens is 307 g/mol. The van der Waals surface area contributed by atoms with Crippen LogP contribution in [-0.2, 0) is 0 Å². The number of aliphatic hydroxyl groups excluding tert-OH is 1. The van der Waals surface area contributed by atoms with Crippen LogP contribution in [0.15, 0.2) is 6.20 Å². The van der Waals surface area contributed by atoms with E-state index in [1.54, 1.807) is 6.20 Å². The predicted molar refractivity (Wildman–Crippen MR) is 72.2 cm³/mol. The van der Waals surface area contributed by atoms with E-state index in [2.05, 4.69) is 10.3 Å². The zero-order valence-electron chi connectivity index (χ0n) is 11.4. The van der Waals surface area contributed by atoms with Crippen molar-refractivity contribution in [2.45, 2.75) is 32.0 Å². The van der Waals surface area contributed by atoms with Crippen LogP contribution < -0.4 is 5.32 Å². The van der Waals surface area contributed by atoms with E-state index in [0.29, 0.717) is 5.13 Å². The molecule has 21 heavy (non-hydrogen) atoms. The molecule has 2 heterocycles. The molecule has 0 unspecified atom stereocenters. The van der Waals surface area contributed by atoms with Crippen molar-refractivity contribution < 1.29 is 23.1 Å². The van der Waals surface area contributed by atoms with Crippen LogP contribution in [0.4, 0.5) is 23.1 Å². The van der Waals surface area contributed by atoms with E-state index in [1.165, 1.54) is 16.2 Å². The van der Waals surface area contributed by atoms with Gasteiger partial charge in [0.1, 0.15) is 0 Å². The summed E-state index contributed by atoms with van der Waals surface area (Å²) in [5.74, 6) is -0.851. The number of thiazole rings is 1. The minimum Gasteiger partial charge on any atom is -0.383 e. The van der Waals surface area contributed by atoms with E-state index < -0.39 is 18.2 Å². The zero-order valence-corrected chi connectivity index (χ0v) is 12.2. The Bertz CT molecular complexity index is 498. The molecule has 0 aromatic carbocycles. The average molecular weight is 323 g/mol. The van der Waals surface area contributed by atoms with Crippen molar-refractivity contribution >= 4 is 22.5 Å². The summed E-state index contributed by atoms with van der Waals surface area (Å²) in [5, 5.41) is 12.3. The Morgan fingerprint density at radius 2 is 2.14 bits per heavy atom. The van der Waals surface area contributed by atoms with Crippen molar-refractivity contribution in [3.63, 3.8) is 0 Å². The van der Waals surface area contributed by atoms with Gasteiger partial charge < -0.3 is 10.0 Å². The minimum absolute atomic E-state index is 0.130. The van der Waals surface area contributed by atoms with Gasteiger partial charge in [-0.3, -0.25) is 5.32 Å². The van der Waals surface area contributed by atoms with Crippen LogP contribution in [0.5, 0.6) is 0 Å². The number of halogens is 3. The molecule has 0 saturated carbocycles. The number of aryl methyl sites for hydroxylation is 1. The first-order chi connectivity index (χ1) is 9.77. The summed E-state index contributed by atoms with van der Waals surface area (Å²) in [6, 6.07) is -0.371. The molecule has 1 aromatic rings. The van der Waals surface area contributed by atoms with Gasteiger partial charge in [0.25, 0.3) is 0 Å². The minimum atomic E-state index is -4.60. The second kappa shape index (κ2) is 6.18. The monoisotopic (exact) mass is 323 g/mol. The fourth-order valence-electron chi connectivity index (χ4n) is 2.27. The molecule has 9 heteroatoms. The average Bonchev–Trinajstić information content (AvgIpc) is 2.82. The Morgan fingerprint density at radius 1 is 1.52 bits per heavy atom. The van der Waals surface area contributed by atoms with E-state index in [9.17, 15) is 23.1 Å².